The van der Waals surface area contributed by atoms with Crippen molar-refractivity contribution in [2.45, 2.75) is 19.4 Å². The molecule has 7 heteroatoms. The number of halogens is 2. The average molecular weight is 347 g/mol. The van der Waals surface area contributed by atoms with Gasteiger partial charge in [0.05, 0.1) is 5.56 Å². The van der Waals surface area contributed by atoms with E-state index in [-0.39, 0.29) is 23.0 Å². The van der Waals surface area contributed by atoms with Gasteiger partial charge >= 0.3 is 0 Å². The second kappa shape index (κ2) is 5.88. The predicted molar refractivity (Wildman–Crippen MR) is 75.1 cm³/mol. The van der Waals surface area contributed by atoms with Crippen LogP contribution in [0.5, 0.6) is 0 Å². The Kier molecular flexibility index (Phi) is 4.42. The standard InChI is InChI=1S/C12H13BrClN3O2/c1-7(18)16-9-2-3-17(6-9)12(19)10-4-8(13)5-15-11(10)14/h4-5,9H,2-3,6H2,1H3,(H,16,18). The molecule has 0 saturated carbocycles. The van der Waals surface area contributed by atoms with Crippen molar-refractivity contribution < 1.29 is 9.59 Å². The topological polar surface area (TPSA) is 62.3 Å². The lowest BCUT2D eigenvalue weighted by Gasteiger charge is -2.17. The largest absolute Gasteiger partial charge is 0.352 e. The van der Waals surface area contributed by atoms with Crippen molar-refractivity contribution in [2.75, 3.05) is 13.1 Å². The monoisotopic (exact) mass is 345 g/mol. The highest BCUT2D eigenvalue weighted by Gasteiger charge is 2.28. The third kappa shape index (κ3) is 3.45. The van der Waals surface area contributed by atoms with Crippen LogP contribution >= 0.6 is 27.5 Å². The summed E-state index contributed by atoms with van der Waals surface area (Å²) in [5.74, 6) is -0.242. The molecule has 1 aromatic heterocycles. The molecule has 5 nitrogen and oxygen atoms in total. The molecule has 1 atom stereocenters. The smallest absolute Gasteiger partial charge is 0.257 e. The van der Waals surface area contributed by atoms with Gasteiger partial charge in [0.25, 0.3) is 5.91 Å². The Morgan fingerprint density at radius 1 is 1.58 bits per heavy atom. The first-order valence-electron chi connectivity index (χ1n) is 5.85. The number of pyridine rings is 1. The molecule has 2 amide bonds. The van der Waals surface area contributed by atoms with Crippen LogP contribution < -0.4 is 5.32 Å². The second-order valence-corrected chi connectivity index (χ2v) is 5.70. The molecule has 2 heterocycles. The van der Waals surface area contributed by atoms with Gasteiger partial charge in [-0.2, -0.15) is 0 Å². The molecule has 0 aliphatic carbocycles. The van der Waals surface area contributed by atoms with E-state index in [4.69, 9.17) is 11.6 Å². The van der Waals surface area contributed by atoms with Crippen LogP contribution in [0.1, 0.15) is 23.7 Å². The van der Waals surface area contributed by atoms with Gasteiger partial charge in [0.1, 0.15) is 5.15 Å². The van der Waals surface area contributed by atoms with E-state index in [9.17, 15) is 9.59 Å². The molecule has 0 spiro atoms. The van der Waals surface area contributed by atoms with Crippen LogP contribution in [0.3, 0.4) is 0 Å². The Balaban J connectivity index is 2.09. The first-order valence-corrected chi connectivity index (χ1v) is 7.02. The van der Waals surface area contributed by atoms with Gasteiger partial charge in [-0.1, -0.05) is 11.6 Å². The summed E-state index contributed by atoms with van der Waals surface area (Å²) in [7, 11) is 0. The molecule has 102 valence electrons. The van der Waals surface area contributed by atoms with E-state index in [0.717, 1.165) is 6.42 Å². The highest BCUT2D eigenvalue weighted by atomic mass is 79.9. The lowest BCUT2D eigenvalue weighted by molar-refractivity contribution is -0.119. The van der Waals surface area contributed by atoms with E-state index in [0.29, 0.717) is 23.1 Å². The number of nitrogens with zero attached hydrogens (tertiary/aromatic N) is 2. The first kappa shape index (κ1) is 14.3. The van der Waals surface area contributed by atoms with Crippen molar-refractivity contribution >= 4 is 39.3 Å². The molecule has 1 aromatic rings. The fourth-order valence-electron chi connectivity index (χ4n) is 2.09. The highest BCUT2D eigenvalue weighted by molar-refractivity contribution is 9.10. The number of amides is 2. The van der Waals surface area contributed by atoms with Crippen LogP contribution in [0, 0.1) is 0 Å². The minimum atomic E-state index is -0.161. The number of nitrogens with one attached hydrogen (secondary N) is 1. The first-order chi connectivity index (χ1) is 8.97. The Morgan fingerprint density at radius 2 is 2.32 bits per heavy atom. The number of likely N-dealkylation sites (tertiary alicyclic amines) is 1. The molecule has 1 fully saturated rings. The van der Waals surface area contributed by atoms with E-state index < -0.39 is 0 Å². The van der Waals surface area contributed by atoms with Gasteiger partial charge in [-0.25, -0.2) is 4.98 Å². The van der Waals surface area contributed by atoms with Gasteiger partial charge in [-0.15, -0.1) is 0 Å². The van der Waals surface area contributed by atoms with Crippen LogP contribution in [0.2, 0.25) is 5.15 Å². The number of rotatable bonds is 2. The Morgan fingerprint density at radius 3 is 3.00 bits per heavy atom. The molecule has 1 N–H and O–H groups in total. The van der Waals surface area contributed by atoms with Crippen molar-refractivity contribution in [3.63, 3.8) is 0 Å². The van der Waals surface area contributed by atoms with Gasteiger partial charge < -0.3 is 10.2 Å². The lowest BCUT2D eigenvalue weighted by atomic mass is 10.2. The zero-order valence-electron chi connectivity index (χ0n) is 10.3. The minimum absolute atomic E-state index is 0.0142. The third-order valence-corrected chi connectivity index (χ3v) is 3.65. The number of carbonyl (C=O) groups excluding carboxylic acids is 2. The van der Waals surface area contributed by atoms with E-state index in [2.05, 4.69) is 26.2 Å². The van der Waals surface area contributed by atoms with Crippen molar-refractivity contribution in [2.24, 2.45) is 0 Å². The third-order valence-electron chi connectivity index (χ3n) is 2.92. The van der Waals surface area contributed by atoms with Crippen LogP contribution in [-0.2, 0) is 4.79 Å². The number of carbonyl (C=O) groups is 2. The Labute approximate surface area is 124 Å². The van der Waals surface area contributed by atoms with E-state index >= 15 is 0 Å². The molecule has 1 saturated heterocycles. The molecule has 1 aliphatic heterocycles. The quantitative estimate of drug-likeness (QED) is 0.831. The molecule has 1 aliphatic rings. The molecular weight excluding hydrogens is 334 g/mol. The Bertz CT molecular complexity index is 524. The van der Waals surface area contributed by atoms with E-state index in [1.165, 1.54) is 6.92 Å². The number of hydrogen-bond acceptors (Lipinski definition) is 3. The zero-order chi connectivity index (χ0) is 14.0. The average Bonchev–Trinajstić information content (AvgIpc) is 2.79. The summed E-state index contributed by atoms with van der Waals surface area (Å²) < 4.78 is 0.706. The van der Waals surface area contributed by atoms with Gasteiger partial charge in [0, 0.05) is 36.7 Å². The summed E-state index contributed by atoms with van der Waals surface area (Å²) in [6.45, 7) is 2.58. The van der Waals surface area contributed by atoms with Gasteiger partial charge in [0.15, 0.2) is 0 Å². The van der Waals surface area contributed by atoms with Gasteiger partial charge in [-0.05, 0) is 28.4 Å². The maximum absolute atomic E-state index is 12.3. The zero-order valence-corrected chi connectivity index (χ0v) is 12.7. The van der Waals surface area contributed by atoms with Crippen molar-refractivity contribution in [1.29, 1.82) is 0 Å². The minimum Gasteiger partial charge on any atom is -0.352 e. The summed E-state index contributed by atoms with van der Waals surface area (Å²) in [5.41, 5.74) is 0.375. The molecular formula is C12H13BrClN3O2. The van der Waals surface area contributed by atoms with Crippen LogP contribution in [0.25, 0.3) is 0 Å². The van der Waals surface area contributed by atoms with E-state index in [1.54, 1.807) is 17.2 Å². The highest BCUT2D eigenvalue weighted by Crippen LogP contribution is 2.21. The maximum Gasteiger partial charge on any atom is 0.257 e. The van der Waals surface area contributed by atoms with Gasteiger partial charge in [0.2, 0.25) is 5.91 Å². The van der Waals surface area contributed by atoms with Crippen LogP contribution in [0.4, 0.5) is 0 Å². The van der Waals surface area contributed by atoms with Crippen LogP contribution in [0.15, 0.2) is 16.7 Å². The fourth-order valence-corrected chi connectivity index (χ4v) is 2.61. The van der Waals surface area contributed by atoms with Crippen molar-refractivity contribution in [1.82, 2.24) is 15.2 Å². The van der Waals surface area contributed by atoms with Crippen molar-refractivity contribution in [3.8, 4) is 0 Å². The Hall–Kier alpha value is -1.14. The molecule has 0 radical (unpaired) electrons. The summed E-state index contributed by atoms with van der Waals surface area (Å²) in [6.07, 6.45) is 2.30. The normalized spacial score (nSPS) is 18.5. The van der Waals surface area contributed by atoms with Gasteiger partial charge in [-0.3, -0.25) is 9.59 Å². The summed E-state index contributed by atoms with van der Waals surface area (Å²) >= 11 is 9.21. The molecule has 1 unspecified atom stereocenters. The van der Waals surface area contributed by atoms with Crippen LogP contribution in [-0.4, -0.2) is 40.8 Å². The maximum atomic E-state index is 12.3. The molecule has 0 aromatic carbocycles. The summed E-state index contributed by atoms with van der Waals surface area (Å²) in [6, 6.07) is 1.67. The predicted octanol–water partition coefficient (Wildman–Crippen LogP) is 1.85. The summed E-state index contributed by atoms with van der Waals surface area (Å²) in [5, 5.41) is 3.00. The van der Waals surface area contributed by atoms with E-state index in [1.807, 2.05) is 0 Å². The molecule has 2 rings (SSSR count). The fraction of sp³-hybridized carbons (Fsp3) is 0.417. The van der Waals surface area contributed by atoms with Crippen molar-refractivity contribution in [3.05, 3.63) is 27.5 Å². The molecule has 19 heavy (non-hydrogen) atoms. The molecule has 0 bridgehead atoms. The lowest BCUT2D eigenvalue weighted by Crippen LogP contribution is -2.37. The number of hydrogen-bond donors (Lipinski definition) is 1. The second-order valence-electron chi connectivity index (χ2n) is 4.43. The SMILES string of the molecule is CC(=O)NC1CCN(C(=O)c2cc(Br)cnc2Cl)C1. The summed E-state index contributed by atoms with van der Waals surface area (Å²) in [4.78, 5) is 28.9. The number of aromatic nitrogens is 1.